The van der Waals surface area contributed by atoms with Crippen LogP contribution in [0.1, 0.15) is 62.6 Å². The third kappa shape index (κ3) is 4.38. The average molecular weight is 259 g/mol. The van der Waals surface area contributed by atoms with Gasteiger partial charge in [0.25, 0.3) is 0 Å². The third-order valence-electron chi connectivity index (χ3n) is 4.15. The van der Waals surface area contributed by atoms with E-state index in [0.29, 0.717) is 12.3 Å². The predicted molar refractivity (Wildman–Crippen MR) is 78.9 cm³/mol. The van der Waals surface area contributed by atoms with E-state index in [0.717, 1.165) is 0 Å². The summed E-state index contributed by atoms with van der Waals surface area (Å²) in [6.45, 7) is 4.14. The van der Waals surface area contributed by atoms with Crippen molar-refractivity contribution in [2.45, 2.75) is 58.4 Å². The highest BCUT2D eigenvalue weighted by Crippen LogP contribution is 2.26. The number of carbonyl (C=O) groups is 1. The molecule has 2 nitrogen and oxygen atoms in total. The molecule has 1 amide bonds. The highest BCUT2D eigenvalue weighted by atomic mass is 16.1. The van der Waals surface area contributed by atoms with Crippen LogP contribution in [0.3, 0.4) is 0 Å². The molecule has 1 N–H and O–H groups in total. The number of hydrogen-bond donors (Lipinski definition) is 1. The summed E-state index contributed by atoms with van der Waals surface area (Å²) in [4.78, 5) is 12.1. The molecule has 0 bridgehead atoms. The van der Waals surface area contributed by atoms with Crippen LogP contribution in [0.5, 0.6) is 0 Å². The Hall–Kier alpha value is -1.31. The molecule has 104 valence electrons. The lowest BCUT2D eigenvalue weighted by Gasteiger charge is -2.22. The van der Waals surface area contributed by atoms with Crippen molar-refractivity contribution >= 4 is 5.91 Å². The molecule has 1 unspecified atom stereocenters. The molecular formula is C17H25NO. The Morgan fingerprint density at radius 2 is 1.84 bits per heavy atom. The molecule has 1 fully saturated rings. The van der Waals surface area contributed by atoms with Crippen LogP contribution in [-0.4, -0.2) is 5.91 Å². The summed E-state index contributed by atoms with van der Waals surface area (Å²) in [5.41, 5.74) is 2.44. The van der Waals surface area contributed by atoms with E-state index in [1.54, 1.807) is 0 Å². The van der Waals surface area contributed by atoms with E-state index >= 15 is 0 Å². The zero-order valence-electron chi connectivity index (χ0n) is 12.1. The molecule has 0 saturated heterocycles. The Morgan fingerprint density at radius 1 is 1.21 bits per heavy atom. The SMILES string of the molecule is Cc1ccc(C(C)NC(=O)CC2CCCCC2)cc1. The van der Waals surface area contributed by atoms with E-state index in [9.17, 15) is 4.79 Å². The Morgan fingerprint density at radius 3 is 2.47 bits per heavy atom. The van der Waals surface area contributed by atoms with Crippen LogP contribution in [0.4, 0.5) is 0 Å². The summed E-state index contributed by atoms with van der Waals surface area (Å²) in [5, 5.41) is 3.12. The standard InChI is InChI=1S/C17H25NO/c1-13-8-10-16(11-9-13)14(2)18-17(19)12-15-6-4-3-5-7-15/h8-11,14-15H,3-7,12H2,1-2H3,(H,18,19). The lowest BCUT2D eigenvalue weighted by molar-refractivity contribution is -0.122. The maximum absolute atomic E-state index is 12.1. The molecule has 1 saturated carbocycles. The first kappa shape index (κ1) is 14.1. The van der Waals surface area contributed by atoms with Crippen molar-refractivity contribution in [3.8, 4) is 0 Å². The summed E-state index contributed by atoms with van der Waals surface area (Å²) in [7, 11) is 0. The van der Waals surface area contributed by atoms with Gasteiger partial charge < -0.3 is 5.32 Å². The summed E-state index contributed by atoms with van der Waals surface area (Å²) in [6.07, 6.45) is 7.10. The van der Waals surface area contributed by atoms with Crippen LogP contribution in [0.25, 0.3) is 0 Å². The minimum Gasteiger partial charge on any atom is -0.350 e. The van der Waals surface area contributed by atoms with E-state index in [1.165, 1.54) is 43.2 Å². The number of aryl methyl sites for hydroxylation is 1. The number of nitrogens with one attached hydrogen (secondary N) is 1. The molecule has 0 radical (unpaired) electrons. The largest absolute Gasteiger partial charge is 0.350 e. The molecule has 0 aromatic heterocycles. The lowest BCUT2D eigenvalue weighted by Crippen LogP contribution is -2.28. The molecule has 19 heavy (non-hydrogen) atoms. The van der Waals surface area contributed by atoms with Gasteiger partial charge >= 0.3 is 0 Å². The van der Waals surface area contributed by atoms with E-state index < -0.39 is 0 Å². The molecular weight excluding hydrogens is 234 g/mol. The van der Waals surface area contributed by atoms with Gasteiger partial charge in [0.05, 0.1) is 6.04 Å². The zero-order chi connectivity index (χ0) is 13.7. The molecule has 1 aliphatic rings. The molecule has 2 rings (SSSR count). The van der Waals surface area contributed by atoms with Crippen LogP contribution >= 0.6 is 0 Å². The first-order valence-corrected chi connectivity index (χ1v) is 7.51. The van der Waals surface area contributed by atoms with Crippen LogP contribution in [0, 0.1) is 12.8 Å². The Kier molecular flexibility index (Phi) is 5.00. The number of carbonyl (C=O) groups excluding carboxylic acids is 1. The minimum atomic E-state index is 0.108. The molecule has 0 spiro atoms. The number of amides is 1. The number of benzene rings is 1. The Bertz CT molecular complexity index is 404. The summed E-state index contributed by atoms with van der Waals surface area (Å²) in [5.74, 6) is 0.818. The van der Waals surface area contributed by atoms with Crippen molar-refractivity contribution < 1.29 is 4.79 Å². The lowest BCUT2D eigenvalue weighted by atomic mass is 9.87. The first-order valence-electron chi connectivity index (χ1n) is 7.51. The molecule has 0 heterocycles. The predicted octanol–water partition coefficient (Wildman–Crippen LogP) is 4.14. The molecule has 2 heteroatoms. The normalized spacial score (nSPS) is 18.0. The first-order chi connectivity index (χ1) is 9.15. The van der Waals surface area contributed by atoms with E-state index in [-0.39, 0.29) is 11.9 Å². The molecule has 1 aliphatic carbocycles. The smallest absolute Gasteiger partial charge is 0.220 e. The van der Waals surface area contributed by atoms with Crippen molar-refractivity contribution in [2.24, 2.45) is 5.92 Å². The van der Waals surface area contributed by atoms with Gasteiger partial charge in [-0.15, -0.1) is 0 Å². The summed E-state index contributed by atoms with van der Waals surface area (Å²) < 4.78 is 0. The maximum Gasteiger partial charge on any atom is 0.220 e. The Labute approximate surface area is 116 Å². The van der Waals surface area contributed by atoms with Gasteiger partial charge in [-0.1, -0.05) is 49.1 Å². The van der Waals surface area contributed by atoms with Crippen LogP contribution in [0.15, 0.2) is 24.3 Å². The summed E-state index contributed by atoms with van der Waals surface area (Å²) >= 11 is 0. The fourth-order valence-corrected chi connectivity index (χ4v) is 2.89. The van der Waals surface area contributed by atoms with Gasteiger partial charge in [-0.2, -0.15) is 0 Å². The van der Waals surface area contributed by atoms with Gasteiger partial charge in [0.1, 0.15) is 0 Å². The molecule has 1 aromatic carbocycles. The molecule has 1 aromatic rings. The van der Waals surface area contributed by atoms with Gasteiger partial charge in [-0.25, -0.2) is 0 Å². The quantitative estimate of drug-likeness (QED) is 0.865. The van der Waals surface area contributed by atoms with Crippen molar-refractivity contribution in [1.82, 2.24) is 5.32 Å². The molecule has 1 atom stereocenters. The van der Waals surface area contributed by atoms with Crippen LogP contribution in [0.2, 0.25) is 0 Å². The van der Waals surface area contributed by atoms with Gasteiger partial charge in [0.2, 0.25) is 5.91 Å². The van der Waals surface area contributed by atoms with Gasteiger partial charge in [-0.05, 0) is 38.2 Å². The average Bonchev–Trinajstić information content (AvgIpc) is 2.40. The van der Waals surface area contributed by atoms with E-state index in [4.69, 9.17) is 0 Å². The van der Waals surface area contributed by atoms with Gasteiger partial charge in [0.15, 0.2) is 0 Å². The van der Waals surface area contributed by atoms with E-state index in [2.05, 4.69) is 43.4 Å². The zero-order valence-corrected chi connectivity index (χ0v) is 12.1. The highest BCUT2D eigenvalue weighted by molar-refractivity contribution is 5.76. The molecule has 0 aliphatic heterocycles. The second-order valence-electron chi connectivity index (χ2n) is 5.91. The van der Waals surface area contributed by atoms with Crippen molar-refractivity contribution in [3.63, 3.8) is 0 Å². The Balaban J connectivity index is 1.82. The number of rotatable bonds is 4. The van der Waals surface area contributed by atoms with Crippen LogP contribution in [-0.2, 0) is 4.79 Å². The summed E-state index contributed by atoms with van der Waals surface area (Å²) in [6, 6.07) is 8.50. The monoisotopic (exact) mass is 259 g/mol. The van der Waals surface area contributed by atoms with Gasteiger partial charge in [-0.3, -0.25) is 4.79 Å². The second-order valence-corrected chi connectivity index (χ2v) is 5.91. The van der Waals surface area contributed by atoms with Crippen molar-refractivity contribution in [1.29, 1.82) is 0 Å². The topological polar surface area (TPSA) is 29.1 Å². The number of hydrogen-bond acceptors (Lipinski definition) is 1. The minimum absolute atomic E-state index is 0.108. The van der Waals surface area contributed by atoms with E-state index in [1.807, 2.05) is 0 Å². The van der Waals surface area contributed by atoms with Crippen molar-refractivity contribution in [3.05, 3.63) is 35.4 Å². The fraction of sp³-hybridized carbons (Fsp3) is 0.588. The second kappa shape index (κ2) is 6.74. The van der Waals surface area contributed by atoms with Crippen LogP contribution < -0.4 is 5.32 Å². The van der Waals surface area contributed by atoms with Crippen molar-refractivity contribution in [2.75, 3.05) is 0 Å². The highest BCUT2D eigenvalue weighted by Gasteiger charge is 2.18. The third-order valence-corrected chi connectivity index (χ3v) is 4.15. The van der Waals surface area contributed by atoms with Gasteiger partial charge in [0, 0.05) is 6.42 Å². The fourth-order valence-electron chi connectivity index (χ4n) is 2.89. The maximum atomic E-state index is 12.1.